The lowest BCUT2D eigenvalue weighted by Crippen LogP contribution is -2.33. The fourth-order valence-corrected chi connectivity index (χ4v) is 2.63. The van der Waals surface area contributed by atoms with E-state index in [1.807, 2.05) is 12.1 Å². The summed E-state index contributed by atoms with van der Waals surface area (Å²) in [5, 5.41) is 3.66. The van der Waals surface area contributed by atoms with E-state index in [2.05, 4.69) is 24.4 Å². The zero-order chi connectivity index (χ0) is 12.1. The Morgan fingerprint density at radius 3 is 2.65 bits per heavy atom. The normalized spacial score (nSPS) is 24.6. The van der Waals surface area contributed by atoms with Gasteiger partial charge in [-0.25, -0.2) is 0 Å². The van der Waals surface area contributed by atoms with Gasteiger partial charge in [0.15, 0.2) is 0 Å². The number of hydrogen-bond acceptors (Lipinski definition) is 2. The lowest BCUT2D eigenvalue weighted by molar-refractivity contribution is 0.300. The molecule has 0 aliphatic heterocycles. The molecule has 1 aliphatic rings. The Balaban J connectivity index is 1.80. The van der Waals surface area contributed by atoms with Gasteiger partial charge in [-0.2, -0.15) is 0 Å². The van der Waals surface area contributed by atoms with Gasteiger partial charge in [0.05, 0.1) is 7.11 Å². The molecule has 2 atom stereocenters. The maximum atomic E-state index is 5.16. The Hall–Kier alpha value is -1.02. The van der Waals surface area contributed by atoms with E-state index in [1.165, 1.54) is 31.2 Å². The molecule has 94 valence electrons. The average molecular weight is 233 g/mol. The quantitative estimate of drug-likeness (QED) is 0.861. The third kappa shape index (κ3) is 3.74. The topological polar surface area (TPSA) is 21.3 Å². The smallest absolute Gasteiger partial charge is 0.118 e. The minimum absolute atomic E-state index is 0.709. The molecular weight excluding hydrogens is 210 g/mol. The molecule has 1 N–H and O–H groups in total. The van der Waals surface area contributed by atoms with Crippen molar-refractivity contribution < 1.29 is 4.74 Å². The van der Waals surface area contributed by atoms with Gasteiger partial charge >= 0.3 is 0 Å². The van der Waals surface area contributed by atoms with Crippen molar-refractivity contribution in [1.82, 2.24) is 5.32 Å². The Kier molecular flexibility index (Phi) is 4.43. The van der Waals surface area contributed by atoms with Gasteiger partial charge in [0.25, 0.3) is 0 Å². The molecule has 1 fully saturated rings. The Labute approximate surface area is 104 Å². The number of benzene rings is 1. The summed E-state index contributed by atoms with van der Waals surface area (Å²) in [4.78, 5) is 0. The van der Waals surface area contributed by atoms with Crippen molar-refractivity contribution in [3.8, 4) is 5.75 Å². The SMILES string of the molecule is COc1ccc(CN[C@H]2CCC[C@H](C)C2)cc1. The van der Waals surface area contributed by atoms with Crippen LogP contribution in [0.1, 0.15) is 38.2 Å². The van der Waals surface area contributed by atoms with Gasteiger partial charge in [0, 0.05) is 12.6 Å². The van der Waals surface area contributed by atoms with Crippen LogP contribution in [0.5, 0.6) is 5.75 Å². The molecule has 2 heteroatoms. The van der Waals surface area contributed by atoms with Gasteiger partial charge in [0.1, 0.15) is 5.75 Å². The lowest BCUT2D eigenvalue weighted by atomic mass is 9.87. The molecular formula is C15H23NO. The first-order valence-electron chi connectivity index (χ1n) is 6.64. The summed E-state index contributed by atoms with van der Waals surface area (Å²) >= 11 is 0. The van der Waals surface area contributed by atoms with Crippen LogP contribution in [0.4, 0.5) is 0 Å². The highest BCUT2D eigenvalue weighted by molar-refractivity contribution is 5.27. The van der Waals surface area contributed by atoms with Crippen LogP contribution in [0.3, 0.4) is 0 Å². The predicted octanol–water partition coefficient (Wildman–Crippen LogP) is 3.36. The van der Waals surface area contributed by atoms with E-state index in [4.69, 9.17) is 4.74 Å². The van der Waals surface area contributed by atoms with Crippen LogP contribution in [-0.2, 0) is 6.54 Å². The summed E-state index contributed by atoms with van der Waals surface area (Å²) in [7, 11) is 1.71. The fourth-order valence-electron chi connectivity index (χ4n) is 2.63. The number of ether oxygens (including phenoxy) is 1. The Bertz CT molecular complexity index is 333. The standard InChI is InChI=1S/C15H23NO/c1-12-4-3-5-14(10-12)16-11-13-6-8-15(17-2)9-7-13/h6-9,12,14,16H,3-5,10-11H2,1-2H3/t12-,14-/m0/s1. The monoisotopic (exact) mass is 233 g/mol. The van der Waals surface area contributed by atoms with Gasteiger partial charge < -0.3 is 10.1 Å². The van der Waals surface area contributed by atoms with Crippen LogP contribution < -0.4 is 10.1 Å². The third-order valence-corrected chi connectivity index (χ3v) is 3.69. The van der Waals surface area contributed by atoms with E-state index >= 15 is 0 Å². The Morgan fingerprint density at radius 2 is 2.00 bits per heavy atom. The van der Waals surface area contributed by atoms with Crippen LogP contribution >= 0.6 is 0 Å². The zero-order valence-electron chi connectivity index (χ0n) is 10.9. The molecule has 0 bridgehead atoms. The first kappa shape index (κ1) is 12.4. The van der Waals surface area contributed by atoms with Gasteiger partial charge in [-0.05, 0) is 36.5 Å². The highest BCUT2D eigenvalue weighted by Gasteiger charge is 2.17. The second-order valence-electron chi connectivity index (χ2n) is 5.20. The van der Waals surface area contributed by atoms with Crippen LogP contribution in [0, 0.1) is 5.92 Å². The van der Waals surface area contributed by atoms with E-state index in [9.17, 15) is 0 Å². The maximum absolute atomic E-state index is 5.16. The first-order valence-corrected chi connectivity index (χ1v) is 6.64. The van der Waals surface area contributed by atoms with Crippen molar-refractivity contribution in [2.45, 2.75) is 45.2 Å². The van der Waals surface area contributed by atoms with Crippen molar-refractivity contribution in [3.63, 3.8) is 0 Å². The summed E-state index contributed by atoms with van der Waals surface area (Å²) in [5.74, 6) is 1.82. The number of methoxy groups -OCH3 is 1. The zero-order valence-corrected chi connectivity index (χ0v) is 10.9. The minimum Gasteiger partial charge on any atom is -0.497 e. The van der Waals surface area contributed by atoms with E-state index in [0.717, 1.165) is 18.2 Å². The molecule has 17 heavy (non-hydrogen) atoms. The van der Waals surface area contributed by atoms with Crippen molar-refractivity contribution in [2.75, 3.05) is 7.11 Å². The van der Waals surface area contributed by atoms with Crippen LogP contribution in [0.2, 0.25) is 0 Å². The number of nitrogens with one attached hydrogen (secondary N) is 1. The van der Waals surface area contributed by atoms with Gasteiger partial charge in [-0.15, -0.1) is 0 Å². The Morgan fingerprint density at radius 1 is 1.24 bits per heavy atom. The van der Waals surface area contributed by atoms with Crippen molar-refractivity contribution in [1.29, 1.82) is 0 Å². The maximum Gasteiger partial charge on any atom is 0.118 e. The molecule has 0 spiro atoms. The molecule has 1 saturated carbocycles. The molecule has 0 aromatic heterocycles. The molecule has 2 rings (SSSR count). The largest absolute Gasteiger partial charge is 0.497 e. The summed E-state index contributed by atoms with van der Waals surface area (Å²) in [6, 6.07) is 9.04. The lowest BCUT2D eigenvalue weighted by Gasteiger charge is -2.27. The van der Waals surface area contributed by atoms with Gasteiger partial charge in [0.2, 0.25) is 0 Å². The molecule has 1 aliphatic carbocycles. The van der Waals surface area contributed by atoms with E-state index in [0.29, 0.717) is 6.04 Å². The van der Waals surface area contributed by atoms with E-state index in [-0.39, 0.29) is 0 Å². The fraction of sp³-hybridized carbons (Fsp3) is 0.600. The molecule has 0 saturated heterocycles. The summed E-state index contributed by atoms with van der Waals surface area (Å²) in [6.07, 6.45) is 5.44. The number of rotatable bonds is 4. The van der Waals surface area contributed by atoms with Crippen molar-refractivity contribution in [2.24, 2.45) is 5.92 Å². The molecule has 0 radical (unpaired) electrons. The number of hydrogen-bond donors (Lipinski definition) is 1. The average Bonchev–Trinajstić information content (AvgIpc) is 2.37. The third-order valence-electron chi connectivity index (χ3n) is 3.69. The second kappa shape index (κ2) is 6.06. The molecule has 1 aromatic rings. The summed E-state index contributed by atoms with van der Waals surface area (Å²) in [5.41, 5.74) is 1.34. The summed E-state index contributed by atoms with van der Waals surface area (Å²) < 4.78 is 5.16. The molecule has 0 heterocycles. The van der Waals surface area contributed by atoms with E-state index < -0.39 is 0 Å². The van der Waals surface area contributed by atoms with Crippen LogP contribution in [-0.4, -0.2) is 13.2 Å². The second-order valence-corrected chi connectivity index (χ2v) is 5.20. The first-order chi connectivity index (χ1) is 8.28. The highest BCUT2D eigenvalue weighted by Crippen LogP contribution is 2.23. The molecule has 0 amide bonds. The molecule has 2 nitrogen and oxygen atoms in total. The minimum atomic E-state index is 0.709. The summed E-state index contributed by atoms with van der Waals surface area (Å²) in [6.45, 7) is 3.34. The van der Waals surface area contributed by atoms with Crippen molar-refractivity contribution >= 4 is 0 Å². The van der Waals surface area contributed by atoms with E-state index in [1.54, 1.807) is 7.11 Å². The van der Waals surface area contributed by atoms with Crippen LogP contribution in [0.25, 0.3) is 0 Å². The highest BCUT2D eigenvalue weighted by atomic mass is 16.5. The molecule has 0 unspecified atom stereocenters. The predicted molar refractivity (Wildman–Crippen MR) is 71.3 cm³/mol. The van der Waals surface area contributed by atoms with Crippen molar-refractivity contribution in [3.05, 3.63) is 29.8 Å². The van der Waals surface area contributed by atoms with Gasteiger partial charge in [-0.3, -0.25) is 0 Å². The van der Waals surface area contributed by atoms with Crippen LogP contribution in [0.15, 0.2) is 24.3 Å². The van der Waals surface area contributed by atoms with Gasteiger partial charge in [-0.1, -0.05) is 31.9 Å². The molecule has 1 aromatic carbocycles.